The zero-order chi connectivity index (χ0) is 15.2. The Morgan fingerprint density at radius 1 is 1.10 bits per heavy atom. The topological polar surface area (TPSA) is 78.4 Å². The number of phenolic OH excluding ortho intramolecular Hbond substituents is 1. The predicted octanol–water partition coefficient (Wildman–Crippen LogP) is 2.48. The van der Waals surface area contributed by atoms with E-state index in [2.05, 4.69) is 10.6 Å². The van der Waals surface area contributed by atoms with Gasteiger partial charge in [-0.3, -0.25) is 9.59 Å². The van der Waals surface area contributed by atoms with E-state index < -0.39 is 11.8 Å². The molecule has 1 aromatic carbocycles. The molecule has 0 aliphatic heterocycles. The van der Waals surface area contributed by atoms with E-state index in [9.17, 15) is 14.7 Å². The number of anilines is 1. The lowest BCUT2D eigenvalue weighted by Gasteiger charge is -2.16. The van der Waals surface area contributed by atoms with Crippen LogP contribution in [-0.2, 0) is 9.59 Å². The van der Waals surface area contributed by atoms with Gasteiger partial charge in [0.1, 0.15) is 5.75 Å². The Balaban J connectivity index is 1.91. The molecule has 1 saturated carbocycles. The molecule has 5 heteroatoms. The van der Waals surface area contributed by atoms with Crippen LogP contribution in [0.3, 0.4) is 0 Å². The summed E-state index contributed by atoms with van der Waals surface area (Å²) in [6.45, 7) is 1.84. The van der Waals surface area contributed by atoms with Crippen molar-refractivity contribution < 1.29 is 14.7 Å². The van der Waals surface area contributed by atoms with Gasteiger partial charge in [0.2, 0.25) is 0 Å². The summed E-state index contributed by atoms with van der Waals surface area (Å²) in [6, 6.07) is 4.97. The second-order valence-corrected chi connectivity index (χ2v) is 5.64. The van der Waals surface area contributed by atoms with Crippen LogP contribution in [-0.4, -0.2) is 23.0 Å². The maximum Gasteiger partial charge on any atom is 0.313 e. The third-order valence-corrected chi connectivity index (χ3v) is 3.80. The largest absolute Gasteiger partial charge is 0.506 e. The first-order chi connectivity index (χ1) is 10.1. The van der Waals surface area contributed by atoms with E-state index in [1.54, 1.807) is 18.2 Å². The Hall–Kier alpha value is -2.04. The molecule has 2 rings (SSSR count). The average Bonchev–Trinajstić information content (AvgIpc) is 2.70. The van der Waals surface area contributed by atoms with E-state index in [0.717, 1.165) is 31.2 Å². The molecular weight excluding hydrogens is 268 g/mol. The van der Waals surface area contributed by atoms with Gasteiger partial charge in [-0.1, -0.05) is 31.7 Å². The van der Waals surface area contributed by atoms with Crippen molar-refractivity contribution in [1.29, 1.82) is 0 Å². The Kier molecular flexibility index (Phi) is 5.20. The zero-order valence-electron chi connectivity index (χ0n) is 12.3. The molecule has 5 nitrogen and oxygen atoms in total. The molecule has 21 heavy (non-hydrogen) atoms. The van der Waals surface area contributed by atoms with Crippen LogP contribution in [0.5, 0.6) is 5.75 Å². The molecule has 3 N–H and O–H groups in total. The van der Waals surface area contributed by atoms with Crippen LogP contribution in [0.2, 0.25) is 0 Å². The summed E-state index contributed by atoms with van der Waals surface area (Å²) in [6.07, 6.45) is 6.41. The van der Waals surface area contributed by atoms with Gasteiger partial charge in [0.05, 0.1) is 5.69 Å². The lowest BCUT2D eigenvalue weighted by atomic mass is 10.1. The molecule has 1 aromatic rings. The van der Waals surface area contributed by atoms with Gasteiger partial charge in [-0.2, -0.15) is 0 Å². The highest BCUT2D eigenvalue weighted by atomic mass is 16.3. The highest BCUT2D eigenvalue weighted by Crippen LogP contribution is 2.23. The van der Waals surface area contributed by atoms with Crippen LogP contribution in [0, 0.1) is 6.92 Å². The van der Waals surface area contributed by atoms with Crippen molar-refractivity contribution in [3.05, 3.63) is 23.8 Å². The van der Waals surface area contributed by atoms with Gasteiger partial charge in [-0.25, -0.2) is 0 Å². The lowest BCUT2D eigenvalue weighted by molar-refractivity contribution is -0.136. The van der Waals surface area contributed by atoms with Crippen molar-refractivity contribution in [2.75, 3.05) is 5.32 Å². The van der Waals surface area contributed by atoms with Gasteiger partial charge in [-0.05, 0) is 37.5 Å². The summed E-state index contributed by atoms with van der Waals surface area (Å²) in [5.74, 6) is -1.41. The minimum atomic E-state index is -0.738. The number of amides is 2. The number of rotatable bonds is 2. The quantitative estimate of drug-likeness (QED) is 0.445. The second-order valence-electron chi connectivity index (χ2n) is 5.64. The number of aromatic hydroxyl groups is 1. The fraction of sp³-hybridized carbons (Fsp3) is 0.500. The maximum absolute atomic E-state index is 11.9. The van der Waals surface area contributed by atoms with Crippen LogP contribution in [0.15, 0.2) is 18.2 Å². The molecule has 0 saturated heterocycles. The summed E-state index contributed by atoms with van der Waals surface area (Å²) in [7, 11) is 0. The molecule has 0 atom stereocenters. The van der Waals surface area contributed by atoms with E-state index in [1.807, 2.05) is 6.92 Å². The van der Waals surface area contributed by atoms with Gasteiger partial charge < -0.3 is 15.7 Å². The normalized spacial score (nSPS) is 16.0. The van der Waals surface area contributed by atoms with Crippen molar-refractivity contribution in [2.45, 2.75) is 51.5 Å². The third-order valence-electron chi connectivity index (χ3n) is 3.80. The molecule has 1 aliphatic rings. The summed E-state index contributed by atoms with van der Waals surface area (Å²) in [4.78, 5) is 23.8. The first kappa shape index (κ1) is 15.4. The molecule has 0 radical (unpaired) electrons. The zero-order valence-corrected chi connectivity index (χ0v) is 12.3. The summed E-state index contributed by atoms with van der Waals surface area (Å²) in [5, 5.41) is 15.0. The van der Waals surface area contributed by atoms with E-state index in [1.165, 1.54) is 12.8 Å². The number of benzene rings is 1. The van der Waals surface area contributed by atoms with Crippen molar-refractivity contribution in [1.82, 2.24) is 5.32 Å². The Labute approximate surface area is 124 Å². The number of carbonyl (C=O) groups excluding carboxylic acids is 2. The van der Waals surface area contributed by atoms with Gasteiger partial charge in [-0.15, -0.1) is 0 Å². The van der Waals surface area contributed by atoms with Gasteiger partial charge in [0, 0.05) is 6.04 Å². The molecule has 0 spiro atoms. The molecule has 1 fully saturated rings. The number of phenols is 1. The van der Waals surface area contributed by atoms with Crippen LogP contribution < -0.4 is 10.6 Å². The molecule has 0 bridgehead atoms. The van der Waals surface area contributed by atoms with E-state index >= 15 is 0 Å². The highest BCUT2D eigenvalue weighted by Gasteiger charge is 2.20. The fourth-order valence-corrected chi connectivity index (χ4v) is 2.60. The number of nitrogens with one attached hydrogen (secondary N) is 2. The SMILES string of the molecule is Cc1ccc(NC(=O)C(=O)NC2CCCCCC2)c(O)c1. The van der Waals surface area contributed by atoms with Crippen LogP contribution >= 0.6 is 0 Å². The monoisotopic (exact) mass is 290 g/mol. The summed E-state index contributed by atoms with van der Waals surface area (Å²) >= 11 is 0. The highest BCUT2D eigenvalue weighted by molar-refractivity contribution is 6.39. The van der Waals surface area contributed by atoms with E-state index in [-0.39, 0.29) is 17.5 Å². The first-order valence-corrected chi connectivity index (χ1v) is 7.48. The van der Waals surface area contributed by atoms with Crippen molar-refractivity contribution in [2.24, 2.45) is 0 Å². The van der Waals surface area contributed by atoms with E-state index in [4.69, 9.17) is 0 Å². The van der Waals surface area contributed by atoms with Gasteiger partial charge in [0.25, 0.3) is 0 Å². The minimum Gasteiger partial charge on any atom is -0.506 e. The molecule has 0 unspecified atom stereocenters. The van der Waals surface area contributed by atoms with Gasteiger partial charge >= 0.3 is 11.8 Å². The standard InChI is InChI=1S/C16H22N2O3/c1-11-8-9-13(14(19)10-11)18-16(21)15(20)17-12-6-4-2-3-5-7-12/h8-10,12,19H,2-7H2,1H3,(H,17,20)(H,18,21). The van der Waals surface area contributed by atoms with Crippen molar-refractivity contribution in [3.63, 3.8) is 0 Å². The molecule has 0 heterocycles. The van der Waals surface area contributed by atoms with Crippen LogP contribution in [0.1, 0.15) is 44.1 Å². The van der Waals surface area contributed by atoms with Gasteiger partial charge in [0.15, 0.2) is 0 Å². The lowest BCUT2D eigenvalue weighted by Crippen LogP contribution is -2.41. The number of hydrogen-bond acceptors (Lipinski definition) is 3. The third kappa shape index (κ3) is 4.48. The Morgan fingerprint density at radius 3 is 2.38 bits per heavy atom. The van der Waals surface area contributed by atoms with Crippen molar-refractivity contribution >= 4 is 17.5 Å². The number of hydrogen-bond donors (Lipinski definition) is 3. The summed E-state index contributed by atoms with van der Waals surface area (Å²) in [5.41, 5.74) is 1.13. The van der Waals surface area contributed by atoms with Crippen LogP contribution in [0.25, 0.3) is 0 Å². The molecule has 0 aromatic heterocycles. The molecule has 114 valence electrons. The van der Waals surface area contributed by atoms with Crippen molar-refractivity contribution in [3.8, 4) is 5.75 Å². The maximum atomic E-state index is 11.9. The molecular formula is C16H22N2O3. The van der Waals surface area contributed by atoms with Crippen LogP contribution in [0.4, 0.5) is 5.69 Å². The van der Waals surface area contributed by atoms with E-state index in [0.29, 0.717) is 0 Å². The minimum absolute atomic E-state index is 0.0365. The smallest absolute Gasteiger partial charge is 0.313 e. The predicted molar refractivity (Wildman–Crippen MR) is 81.1 cm³/mol. The fourth-order valence-electron chi connectivity index (χ4n) is 2.60. The Bertz CT molecular complexity index is 520. The number of carbonyl (C=O) groups is 2. The molecule has 2 amide bonds. The first-order valence-electron chi connectivity index (χ1n) is 7.48. The number of aryl methyl sites for hydroxylation is 1. The Morgan fingerprint density at radius 2 is 1.76 bits per heavy atom. The second kappa shape index (κ2) is 7.11. The summed E-state index contributed by atoms with van der Waals surface area (Å²) < 4.78 is 0. The average molecular weight is 290 g/mol. The molecule has 1 aliphatic carbocycles.